The maximum absolute atomic E-state index is 11.9. The van der Waals surface area contributed by atoms with E-state index in [2.05, 4.69) is 10.3 Å². The molecular formula is C15H12N2O5. The molecule has 0 saturated heterocycles. The molecule has 1 aromatic heterocycles. The predicted molar refractivity (Wildman–Crippen MR) is 75.7 cm³/mol. The molecular weight excluding hydrogens is 288 g/mol. The molecule has 0 atom stereocenters. The number of nitrogens with one attached hydrogen (secondary N) is 1. The Kier molecular flexibility index (Phi) is 3.86. The van der Waals surface area contributed by atoms with Crippen LogP contribution in [-0.4, -0.2) is 30.3 Å². The Hall–Kier alpha value is -3.09. The number of hydrogen-bond acceptors (Lipinski definition) is 6. The molecule has 0 bridgehead atoms. The average Bonchev–Trinajstić information content (AvgIpc) is 3.01. The van der Waals surface area contributed by atoms with Gasteiger partial charge < -0.3 is 19.5 Å². The number of nitrogens with zero attached hydrogens (tertiary/aromatic N) is 1. The van der Waals surface area contributed by atoms with Gasteiger partial charge in [0.15, 0.2) is 18.1 Å². The first kappa shape index (κ1) is 13.9. The molecule has 0 fully saturated rings. The number of ether oxygens (including phenoxy) is 3. The number of benzene rings is 1. The highest BCUT2D eigenvalue weighted by molar-refractivity contribution is 5.95. The second-order valence-electron chi connectivity index (χ2n) is 4.41. The monoisotopic (exact) mass is 300 g/mol. The SMILES string of the molecule is O=C(COC(=O)c1ccc2c(c1)OCO2)Nc1ccccn1. The van der Waals surface area contributed by atoms with Crippen LogP contribution in [0.4, 0.5) is 5.82 Å². The summed E-state index contributed by atoms with van der Waals surface area (Å²) in [5, 5.41) is 2.52. The molecule has 1 amide bonds. The number of aromatic nitrogens is 1. The summed E-state index contributed by atoms with van der Waals surface area (Å²) >= 11 is 0. The van der Waals surface area contributed by atoms with Gasteiger partial charge in [0, 0.05) is 6.20 Å². The van der Waals surface area contributed by atoms with E-state index in [9.17, 15) is 9.59 Å². The van der Waals surface area contributed by atoms with Gasteiger partial charge in [-0.25, -0.2) is 9.78 Å². The van der Waals surface area contributed by atoms with Crippen molar-refractivity contribution in [3.05, 3.63) is 48.2 Å². The highest BCUT2D eigenvalue weighted by atomic mass is 16.7. The number of hydrogen-bond donors (Lipinski definition) is 1. The summed E-state index contributed by atoms with van der Waals surface area (Å²) < 4.78 is 15.3. The second-order valence-corrected chi connectivity index (χ2v) is 4.41. The fourth-order valence-corrected chi connectivity index (χ4v) is 1.85. The molecule has 1 aliphatic heterocycles. The fraction of sp³-hybridized carbons (Fsp3) is 0.133. The van der Waals surface area contributed by atoms with Crippen molar-refractivity contribution >= 4 is 17.7 Å². The van der Waals surface area contributed by atoms with Crippen molar-refractivity contribution in [2.45, 2.75) is 0 Å². The minimum atomic E-state index is -0.616. The maximum Gasteiger partial charge on any atom is 0.338 e. The van der Waals surface area contributed by atoms with Gasteiger partial charge in [0.25, 0.3) is 5.91 Å². The van der Waals surface area contributed by atoms with Gasteiger partial charge in [0.1, 0.15) is 5.82 Å². The van der Waals surface area contributed by atoms with Gasteiger partial charge in [-0.1, -0.05) is 6.07 Å². The van der Waals surface area contributed by atoms with Crippen LogP contribution < -0.4 is 14.8 Å². The largest absolute Gasteiger partial charge is 0.454 e. The molecule has 0 unspecified atom stereocenters. The van der Waals surface area contributed by atoms with E-state index in [0.29, 0.717) is 17.3 Å². The van der Waals surface area contributed by atoms with Crippen LogP contribution in [0.15, 0.2) is 42.6 Å². The van der Waals surface area contributed by atoms with Crippen molar-refractivity contribution < 1.29 is 23.8 Å². The fourth-order valence-electron chi connectivity index (χ4n) is 1.85. The van der Waals surface area contributed by atoms with Crippen molar-refractivity contribution in [2.24, 2.45) is 0 Å². The van der Waals surface area contributed by atoms with E-state index in [0.717, 1.165) is 0 Å². The first-order valence-corrected chi connectivity index (χ1v) is 6.50. The van der Waals surface area contributed by atoms with Crippen molar-refractivity contribution in [1.29, 1.82) is 0 Å². The van der Waals surface area contributed by atoms with Crippen LogP contribution in [0.5, 0.6) is 11.5 Å². The molecule has 0 aliphatic carbocycles. The van der Waals surface area contributed by atoms with Gasteiger partial charge in [0.05, 0.1) is 5.56 Å². The summed E-state index contributed by atoms with van der Waals surface area (Å²) in [5.41, 5.74) is 0.287. The van der Waals surface area contributed by atoms with E-state index < -0.39 is 18.5 Å². The van der Waals surface area contributed by atoms with E-state index in [1.54, 1.807) is 36.5 Å². The summed E-state index contributed by atoms with van der Waals surface area (Å²) in [4.78, 5) is 27.5. The summed E-state index contributed by atoms with van der Waals surface area (Å²) in [6.45, 7) is -0.274. The Labute approximate surface area is 125 Å². The Balaban J connectivity index is 1.55. The molecule has 22 heavy (non-hydrogen) atoms. The molecule has 1 aromatic carbocycles. The molecule has 3 rings (SSSR count). The van der Waals surface area contributed by atoms with Gasteiger partial charge in [-0.05, 0) is 30.3 Å². The number of fused-ring (bicyclic) bond motifs is 1. The van der Waals surface area contributed by atoms with E-state index in [-0.39, 0.29) is 12.4 Å². The molecule has 7 nitrogen and oxygen atoms in total. The molecule has 2 aromatic rings. The van der Waals surface area contributed by atoms with Crippen LogP contribution >= 0.6 is 0 Å². The standard InChI is InChI=1S/C15H12N2O5/c18-14(17-13-3-1-2-6-16-13)8-20-15(19)10-4-5-11-12(7-10)22-9-21-11/h1-7H,8-9H2,(H,16,17,18). The van der Waals surface area contributed by atoms with E-state index in [1.807, 2.05) is 0 Å². The van der Waals surface area contributed by atoms with Crippen LogP contribution in [0.2, 0.25) is 0 Å². The molecule has 112 valence electrons. The zero-order chi connectivity index (χ0) is 15.4. The van der Waals surface area contributed by atoms with Gasteiger partial charge in [-0.3, -0.25) is 4.79 Å². The molecule has 0 radical (unpaired) electrons. The number of anilines is 1. The smallest absolute Gasteiger partial charge is 0.338 e. The molecule has 1 aliphatic rings. The molecule has 7 heteroatoms. The quantitative estimate of drug-likeness (QED) is 0.863. The van der Waals surface area contributed by atoms with Crippen molar-refractivity contribution in [1.82, 2.24) is 4.98 Å². The molecule has 1 N–H and O–H groups in total. The number of esters is 1. The van der Waals surface area contributed by atoms with E-state index in [4.69, 9.17) is 14.2 Å². The second kappa shape index (κ2) is 6.13. The highest BCUT2D eigenvalue weighted by Crippen LogP contribution is 2.32. The van der Waals surface area contributed by atoms with Gasteiger partial charge in [0.2, 0.25) is 6.79 Å². The van der Waals surface area contributed by atoms with Crippen LogP contribution in [0.25, 0.3) is 0 Å². The third kappa shape index (κ3) is 3.14. The molecule has 0 spiro atoms. The number of carbonyl (C=O) groups excluding carboxylic acids is 2. The van der Waals surface area contributed by atoms with E-state index in [1.165, 1.54) is 6.07 Å². The first-order chi connectivity index (χ1) is 10.7. The Morgan fingerprint density at radius 2 is 2.05 bits per heavy atom. The van der Waals surface area contributed by atoms with Crippen LogP contribution in [0.1, 0.15) is 10.4 Å². The van der Waals surface area contributed by atoms with Crippen molar-refractivity contribution in [3.8, 4) is 11.5 Å². The maximum atomic E-state index is 11.9. The van der Waals surface area contributed by atoms with Crippen LogP contribution in [0, 0.1) is 0 Å². The lowest BCUT2D eigenvalue weighted by Gasteiger charge is -2.06. The number of carbonyl (C=O) groups is 2. The first-order valence-electron chi connectivity index (χ1n) is 6.50. The summed E-state index contributed by atoms with van der Waals surface area (Å²) in [5.74, 6) is 0.366. The normalized spacial score (nSPS) is 11.8. The number of rotatable bonds is 4. The van der Waals surface area contributed by atoms with Gasteiger partial charge in [-0.2, -0.15) is 0 Å². The zero-order valence-electron chi connectivity index (χ0n) is 11.4. The van der Waals surface area contributed by atoms with Crippen LogP contribution in [0.3, 0.4) is 0 Å². The third-order valence-electron chi connectivity index (χ3n) is 2.88. The minimum absolute atomic E-state index is 0.125. The molecule has 2 heterocycles. The topological polar surface area (TPSA) is 86.8 Å². The highest BCUT2D eigenvalue weighted by Gasteiger charge is 2.17. The van der Waals surface area contributed by atoms with E-state index >= 15 is 0 Å². The lowest BCUT2D eigenvalue weighted by Crippen LogP contribution is -2.21. The zero-order valence-corrected chi connectivity index (χ0v) is 11.4. The van der Waals surface area contributed by atoms with Crippen LogP contribution in [-0.2, 0) is 9.53 Å². The predicted octanol–water partition coefficient (Wildman–Crippen LogP) is 1.61. The summed E-state index contributed by atoms with van der Waals surface area (Å²) in [6, 6.07) is 9.79. The minimum Gasteiger partial charge on any atom is -0.454 e. The summed E-state index contributed by atoms with van der Waals surface area (Å²) in [7, 11) is 0. The van der Waals surface area contributed by atoms with Crippen molar-refractivity contribution in [3.63, 3.8) is 0 Å². The Morgan fingerprint density at radius 3 is 2.86 bits per heavy atom. The summed E-state index contributed by atoms with van der Waals surface area (Å²) in [6.07, 6.45) is 1.55. The average molecular weight is 300 g/mol. The van der Waals surface area contributed by atoms with Gasteiger partial charge in [-0.15, -0.1) is 0 Å². The Morgan fingerprint density at radius 1 is 1.18 bits per heavy atom. The molecule has 0 saturated carbocycles. The number of amides is 1. The lowest BCUT2D eigenvalue weighted by molar-refractivity contribution is -0.119. The lowest BCUT2D eigenvalue weighted by atomic mass is 10.2. The number of pyridine rings is 1. The van der Waals surface area contributed by atoms with Crippen molar-refractivity contribution in [2.75, 3.05) is 18.7 Å². The van der Waals surface area contributed by atoms with Gasteiger partial charge >= 0.3 is 5.97 Å². The third-order valence-corrected chi connectivity index (χ3v) is 2.88. The Bertz CT molecular complexity index is 702.